The zero-order chi connectivity index (χ0) is 14.9. The molecule has 3 nitrogen and oxygen atoms in total. The zero-order valence-electron chi connectivity index (χ0n) is 12.8. The lowest BCUT2D eigenvalue weighted by Crippen LogP contribution is -2.09. The Balaban J connectivity index is 2.03. The highest BCUT2D eigenvalue weighted by Crippen LogP contribution is 2.58. The van der Waals surface area contributed by atoms with Gasteiger partial charge in [-0.2, -0.15) is 0 Å². The second kappa shape index (κ2) is 3.92. The molecule has 4 aromatic rings. The van der Waals surface area contributed by atoms with Crippen molar-refractivity contribution in [2.45, 2.75) is 32.1 Å². The summed E-state index contributed by atoms with van der Waals surface area (Å²) in [5.41, 5.74) is 3.92. The first-order valence-electron chi connectivity index (χ1n) is 8.00. The Morgan fingerprint density at radius 2 is 2.18 bits per heavy atom. The highest BCUT2D eigenvalue weighted by molar-refractivity contribution is 6.13. The molecule has 2 unspecified atom stereocenters. The van der Waals surface area contributed by atoms with E-state index < -0.39 is 0 Å². The molecule has 2 atom stereocenters. The van der Waals surface area contributed by atoms with Gasteiger partial charge < -0.3 is 4.42 Å². The SMILES string of the molecule is CCC1(c2cccc3c4cocc4n4ccnc4c23)CC1C. The van der Waals surface area contributed by atoms with Crippen molar-refractivity contribution in [1.82, 2.24) is 9.38 Å². The van der Waals surface area contributed by atoms with E-state index in [1.807, 2.05) is 24.9 Å². The van der Waals surface area contributed by atoms with Crippen molar-refractivity contribution in [2.24, 2.45) is 5.92 Å². The third-order valence-electron chi connectivity index (χ3n) is 5.74. The number of fused-ring (bicyclic) bond motifs is 6. The van der Waals surface area contributed by atoms with Crippen LogP contribution in [0.4, 0.5) is 0 Å². The highest BCUT2D eigenvalue weighted by atomic mass is 16.3. The summed E-state index contributed by atoms with van der Waals surface area (Å²) in [4.78, 5) is 4.66. The Kier molecular flexibility index (Phi) is 2.18. The number of imidazole rings is 1. The van der Waals surface area contributed by atoms with Gasteiger partial charge in [-0.05, 0) is 35.1 Å². The molecule has 5 rings (SSSR count). The van der Waals surface area contributed by atoms with Gasteiger partial charge in [0.05, 0.1) is 5.52 Å². The van der Waals surface area contributed by atoms with Gasteiger partial charge >= 0.3 is 0 Å². The van der Waals surface area contributed by atoms with Crippen molar-refractivity contribution in [2.75, 3.05) is 0 Å². The summed E-state index contributed by atoms with van der Waals surface area (Å²) in [5.74, 6) is 0.748. The fraction of sp³-hybridized carbons (Fsp3) is 0.316. The van der Waals surface area contributed by atoms with Gasteiger partial charge in [0.2, 0.25) is 0 Å². The first kappa shape index (κ1) is 12.3. The maximum atomic E-state index is 5.49. The van der Waals surface area contributed by atoms with Crippen LogP contribution in [-0.4, -0.2) is 9.38 Å². The first-order chi connectivity index (χ1) is 10.8. The minimum absolute atomic E-state index is 0.323. The van der Waals surface area contributed by atoms with Crippen molar-refractivity contribution in [1.29, 1.82) is 0 Å². The van der Waals surface area contributed by atoms with E-state index in [-0.39, 0.29) is 0 Å². The van der Waals surface area contributed by atoms with Crippen LogP contribution in [0.15, 0.2) is 47.5 Å². The third kappa shape index (κ3) is 1.30. The minimum atomic E-state index is 0.323. The average molecular weight is 290 g/mol. The van der Waals surface area contributed by atoms with Crippen molar-refractivity contribution in [3.8, 4) is 0 Å². The summed E-state index contributed by atoms with van der Waals surface area (Å²) in [5, 5.41) is 3.72. The Hall–Kier alpha value is -2.29. The first-order valence-corrected chi connectivity index (χ1v) is 8.00. The molecule has 1 aliphatic carbocycles. The average Bonchev–Trinajstić information content (AvgIpc) is 2.95. The zero-order valence-corrected chi connectivity index (χ0v) is 12.8. The number of hydrogen-bond donors (Lipinski definition) is 0. The molecule has 0 amide bonds. The maximum absolute atomic E-state index is 5.49. The summed E-state index contributed by atoms with van der Waals surface area (Å²) in [6.45, 7) is 4.67. The molecular formula is C19H18N2O. The molecule has 0 bridgehead atoms. The lowest BCUT2D eigenvalue weighted by Gasteiger charge is -2.18. The van der Waals surface area contributed by atoms with Crippen molar-refractivity contribution in [3.63, 3.8) is 0 Å². The van der Waals surface area contributed by atoms with Crippen molar-refractivity contribution in [3.05, 3.63) is 48.7 Å². The predicted octanol–water partition coefficient (Wildman–Crippen LogP) is 4.92. The fourth-order valence-corrected chi connectivity index (χ4v) is 4.34. The van der Waals surface area contributed by atoms with Gasteiger partial charge in [0, 0.05) is 23.2 Å². The van der Waals surface area contributed by atoms with E-state index in [1.54, 1.807) is 0 Å². The Labute approximate surface area is 128 Å². The molecule has 3 heteroatoms. The van der Waals surface area contributed by atoms with E-state index in [2.05, 4.69) is 41.4 Å². The maximum Gasteiger partial charge on any atom is 0.145 e. The van der Waals surface area contributed by atoms with E-state index in [4.69, 9.17) is 4.42 Å². The molecule has 1 aliphatic rings. The second-order valence-electron chi connectivity index (χ2n) is 6.63. The van der Waals surface area contributed by atoms with E-state index >= 15 is 0 Å². The molecule has 1 saturated carbocycles. The largest absolute Gasteiger partial charge is 0.470 e. The number of hydrogen-bond acceptors (Lipinski definition) is 2. The molecule has 3 aromatic heterocycles. The molecule has 0 saturated heterocycles. The molecule has 22 heavy (non-hydrogen) atoms. The van der Waals surface area contributed by atoms with Gasteiger partial charge in [0.25, 0.3) is 0 Å². The van der Waals surface area contributed by atoms with Crippen LogP contribution in [0.5, 0.6) is 0 Å². The van der Waals surface area contributed by atoms with Crippen LogP contribution >= 0.6 is 0 Å². The van der Waals surface area contributed by atoms with Gasteiger partial charge in [0.15, 0.2) is 0 Å². The van der Waals surface area contributed by atoms with Crippen LogP contribution in [0.3, 0.4) is 0 Å². The summed E-state index contributed by atoms with van der Waals surface area (Å²) < 4.78 is 7.64. The van der Waals surface area contributed by atoms with Crippen LogP contribution in [-0.2, 0) is 5.41 Å². The van der Waals surface area contributed by atoms with Crippen molar-refractivity contribution < 1.29 is 4.42 Å². The number of aromatic nitrogens is 2. The van der Waals surface area contributed by atoms with Gasteiger partial charge in [-0.1, -0.05) is 32.0 Å². The smallest absolute Gasteiger partial charge is 0.145 e. The number of nitrogens with zero attached hydrogens (tertiary/aromatic N) is 2. The molecule has 110 valence electrons. The molecule has 3 heterocycles. The van der Waals surface area contributed by atoms with E-state index in [9.17, 15) is 0 Å². The summed E-state index contributed by atoms with van der Waals surface area (Å²) >= 11 is 0. The topological polar surface area (TPSA) is 30.4 Å². The standard InChI is InChI=1S/C19H18N2O/c1-3-19(9-12(19)2)15-6-4-5-13-14-10-22-11-16(14)21-8-7-20-18(21)17(13)15/h4-8,10-12H,3,9H2,1-2H3. The Morgan fingerprint density at radius 1 is 1.32 bits per heavy atom. The van der Waals surface area contributed by atoms with Crippen LogP contribution in [0.2, 0.25) is 0 Å². The fourth-order valence-electron chi connectivity index (χ4n) is 4.34. The minimum Gasteiger partial charge on any atom is -0.470 e. The van der Waals surface area contributed by atoms with Crippen LogP contribution in [0.1, 0.15) is 32.3 Å². The summed E-state index contributed by atoms with van der Waals surface area (Å²) in [6, 6.07) is 6.68. The summed E-state index contributed by atoms with van der Waals surface area (Å²) in [7, 11) is 0. The molecule has 0 spiro atoms. The monoisotopic (exact) mass is 290 g/mol. The van der Waals surface area contributed by atoms with Crippen LogP contribution in [0, 0.1) is 5.92 Å². The Bertz CT molecular complexity index is 1020. The molecule has 0 aliphatic heterocycles. The number of rotatable bonds is 2. The van der Waals surface area contributed by atoms with E-state index in [0.29, 0.717) is 5.41 Å². The van der Waals surface area contributed by atoms with Crippen LogP contribution < -0.4 is 0 Å². The quantitative estimate of drug-likeness (QED) is 0.524. The van der Waals surface area contributed by atoms with E-state index in [1.165, 1.54) is 34.6 Å². The lowest BCUT2D eigenvalue weighted by atomic mass is 9.87. The molecule has 1 fully saturated rings. The normalized spacial score (nSPS) is 24.5. The molecular weight excluding hydrogens is 272 g/mol. The molecule has 0 N–H and O–H groups in total. The molecule has 1 aromatic carbocycles. The lowest BCUT2D eigenvalue weighted by molar-refractivity contribution is 0.571. The van der Waals surface area contributed by atoms with E-state index in [0.717, 1.165) is 17.1 Å². The highest BCUT2D eigenvalue weighted by Gasteiger charge is 2.51. The van der Waals surface area contributed by atoms with Crippen molar-refractivity contribution >= 4 is 27.3 Å². The van der Waals surface area contributed by atoms with Gasteiger partial charge in [-0.25, -0.2) is 4.98 Å². The second-order valence-corrected chi connectivity index (χ2v) is 6.63. The number of benzene rings is 1. The van der Waals surface area contributed by atoms with Crippen LogP contribution in [0.25, 0.3) is 27.3 Å². The predicted molar refractivity (Wildman–Crippen MR) is 88.2 cm³/mol. The third-order valence-corrected chi connectivity index (χ3v) is 5.74. The van der Waals surface area contributed by atoms with Gasteiger partial charge in [-0.3, -0.25) is 4.40 Å². The number of furan rings is 1. The van der Waals surface area contributed by atoms with Gasteiger partial charge in [-0.15, -0.1) is 0 Å². The Morgan fingerprint density at radius 3 is 2.95 bits per heavy atom. The van der Waals surface area contributed by atoms with Gasteiger partial charge in [0.1, 0.15) is 18.2 Å². The molecule has 0 radical (unpaired) electrons. The summed E-state index contributed by atoms with van der Waals surface area (Å²) in [6.07, 6.45) is 10.0. The number of pyridine rings is 1.